The number of nitrogens with zero attached hydrogens (tertiary/aromatic N) is 3. The summed E-state index contributed by atoms with van der Waals surface area (Å²) in [7, 11) is 0. The third-order valence-corrected chi connectivity index (χ3v) is 8.70. The second-order valence-electron chi connectivity index (χ2n) is 10.2. The Balaban J connectivity index is 1.33. The van der Waals surface area contributed by atoms with E-state index < -0.39 is 0 Å². The number of carbonyl (C=O) groups excluding carboxylic acids is 2. The van der Waals surface area contributed by atoms with Crippen molar-refractivity contribution < 1.29 is 9.59 Å². The molecule has 2 aliphatic heterocycles. The van der Waals surface area contributed by atoms with Crippen molar-refractivity contribution in [3.63, 3.8) is 0 Å². The molecule has 2 aliphatic rings. The molecule has 1 saturated heterocycles. The molecule has 190 valence electrons. The minimum Gasteiger partial charge on any atom is -0.339 e. The summed E-state index contributed by atoms with van der Waals surface area (Å²) in [6.07, 6.45) is 6.70. The molecular formula is C29H41N3O2S. The van der Waals surface area contributed by atoms with Gasteiger partial charge in [-0.1, -0.05) is 50.5 Å². The van der Waals surface area contributed by atoms with E-state index in [0.717, 1.165) is 32.4 Å². The molecule has 35 heavy (non-hydrogen) atoms. The largest absolute Gasteiger partial charge is 0.339 e. The van der Waals surface area contributed by atoms with Gasteiger partial charge in [0, 0.05) is 56.5 Å². The fourth-order valence-electron chi connectivity index (χ4n) is 5.67. The van der Waals surface area contributed by atoms with Gasteiger partial charge in [0.05, 0.1) is 6.04 Å². The zero-order valence-electron chi connectivity index (χ0n) is 21.7. The Hall–Kier alpha value is -2.18. The van der Waals surface area contributed by atoms with Gasteiger partial charge in [-0.2, -0.15) is 0 Å². The third kappa shape index (κ3) is 6.15. The van der Waals surface area contributed by atoms with Crippen LogP contribution < -0.4 is 0 Å². The van der Waals surface area contributed by atoms with Crippen LogP contribution in [-0.2, 0) is 16.0 Å². The number of piperazine rings is 1. The summed E-state index contributed by atoms with van der Waals surface area (Å²) in [6, 6.07) is 11.2. The van der Waals surface area contributed by atoms with Crippen molar-refractivity contribution in [2.75, 3.05) is 32.7 Å². The van der Waals surface area contributed by atoms with Crippen LogP contribution in [0.15, 0.2) is 35.7 Å². The summed E-state index contributed by atoms with van der Waals surface area (Å²) in [6.45, 7) is 10.2. The lowest BCUT2D eigenvalue weighted by molar-refractivity contribution is -0.142. The number of thiophene rings is 1. The number of benzene rings is 1. The van der Waals surface area contributed by atoms with Crippen LogP contribution in [-0.4, -0.2) is 65.3 Å². The molecule has 3 heterocycles. The summed E-state index contributed by atoms with van der Waals surface area (Å²) in [5, 5.41) is 2.20. The van der Waals surface area contributed by atoms with Crippen molar-refractivity contribution in [1.29, 1.82) is 0 Å². The molecule has 0 spiro atoms. The molecule has 2 aromatic rings. The molecule has 1 aromatic heterocycles. The van der Waals surface area contributed by atoms with Crippen molar-refractivity contribution in [3.8, 4) is 0 Å². The minimum atomic E-state index is 0.0921. The molecule has 0 unspecified atom stereocenters. The van der Waals surface area contributed by atoms with Gasteiger partial charge >= 0.3 is 0 Å². The van der Waals surface area contributed by atoms with E-state index in [2.05, 4.69) is 61.4 Å². The molecule has 2 amide bonds. The number of hydrogen-bond donors (Lipinski definition) is 0. The maximum Gasteiger partial charge on any atom is 0.223 e. The van der Waals surface area contributed by atoms with E-state index in [4.69, 9.17) is 0 Å². The van der Waals surface area contributed by atoms with Crippen molar-refractivity contribution in [1.82, 2.24) is 14.7 Å². The average Bonchev–Trinajstić information content (AvgIpc) is 3.34. The monoisotopic (exact) mass is 495 g/mol. The van der Waals surface area contributed by atoms with Crippen LogP contribution in [0, 0.1) is 6.92 Å². The first-order valence-electron chi connectivity index (χ1n) is 13.4. The first kappa shape index (κ1) is 25.9. The Kier molecular flexibility index (Phi) is 9.01. The predicted molar refractivity (Wildman–Crippen MR) is 144 cm³/mol. The van der Waals surface area contributed by atoms with E-state index >= 15 is 0 Å². The van der Waals surface area contributed by atoms with E-state index in [1.807, 2.05) is 21.1 Å². The number of carbonyl (C=O) groups is 2. The Morgan fingerprint density at radius 1 is 0.971 bits per heavy atom. The Labute approximate surface area is 215 Å². The minimum absolute atomic E-state index is 0.0921. The van der Waals surface area contributed by atoms with Crippen LogP contribution in [0.2, 0.25) is 0 Å². The first-order chi connectivity index (χ1) is 17.0. The van der Waals surface area contributed by atoms with Gasteiger partial charge < -0.3 is 9.80 Å². The van der Waals surface area contributed by atoms with Gasteiger partial charge in [-0.3, -0.25) is 14.5 Å². The van der Waals surface area contributed by atoms with Crippen LogP contribution >= 0.6 is 11.3 Å². The van der Waals surface area contributed by atoms with Gasteiger partial charge in [-0.05, 0) is 54.8 Å². The second kappa shape index (κ2) is 12.2. The van der Waals surface area contributed by atoms with E-state index in [-0.39, 0.29) is 23.9 Å². The van der Waals surface area contributed by atoms with Crippen molar-refractivity contribution in [2.45, 2.75) is 77.8 Å². The summed E-state index contributed by atoms with van der Waals surface area (Å²) in [4.78, 5) is 33.8. The zero-order valence-corrected chi connectivity index (χ0v) is 22.5. The number of aryl methyl sites for hydroxylation is 1. The van der Waals surface area contributed by atoms with Crippen LogP contribution in [0.3, 0.4) is 0 Å². The van der Waals surface area contributed by atoms with Gasteiger partial charge in [0.2, 0.25) is 11.8 Å². The van der Waals surface area contributed by atoms with Crippen molar-refractivity contribution >= 4 is 23.2 Å². The first-order valence-corrected chi connectivity index (χ1v) is 14.3. The Morgan fingerprint density at radius 3 is 2.57 bits per heavy atom. The number of fused-ring (bicyclic) bond motifs is 1. The molecule has 0 saturated carbocycles. The highest BCUT2D eigenvalue weighted by atomic mass is 32.1. The van der Waals surface area contributed by atoms with Crippen LogP contribution in [0.4, 0.5) is 0 Å². The highest BCUT2D eigenvalue weighted by Gasteiger charge is 2.32. The predicted octanol–water partition coefficient (Wildman–Crippen LogP) is 5.42. The molecule has 4 rings (SSSR count). The lowest BCUT2D eigenvalue weighted by Gasteiger charge is -2.41. The Bertz CT molecular complexity index is 1000. The standard InChI is InChI=1S/C29H41N3O2S/c1-4-5-6-7-12-28(34)32-19-18-31(21-23(32)3)27(33)14-17-30-16-13-26-25(15-20-35-26)29(30)24-11-9-8-10-22(24)2/h8-11,15,20,23,29H,4-7,12-14,16-19,21H2,1-3H3/t23-,29-/m1/s1. The van der Waals surface area contributed by atoms with Crippen LogP contribution in [0.1, 0.15) is 80.0 Å². The van der Waals surface area contributed by atoms with E-state index in [9.17, 15) is 9.59 Å². The highest BCUT2D eigenvalue weighted by molar-refractivity contribution is 7.10. The number of unbranched alkanes of at least 4 members (excludes halogenated alkanes) is 3. The molecule has 0 N–H and O–H groups in total. The molecule has 2 atom stereocenters. The summed E-state index contributed by atoms with van der Waals surface area (Å²) in [5.41, 5.74) is 4.05. The smallest absolute Gasteiger partial charge is 0.223 e. The molecular weight excluding hydrogens is 454 g/mol. The number of amides is 2. The normalized spacial score (nSPS) is 20.7. The zero-order chi connectivity index (χ0) is 24.8. The molecule has 1 aromatic carbocycles. The molecule has 5 nitrogen and oxygen atoms in total. The average molecular weight is 496 g/mol. The van der Waals surface area contributed by atoms with Crippen LogP contribution in [0.25, 0.3) is 0 Å². The molecule has 1 fully saturated rings. The highest BCUT2D eigenvalue weighted by Crippen LogP contribution is 2.38. The summed E-state index contributed by atoms with van der Waals surface area (Å²) < 4.78 is 0. The maximum atomic E-state index is 13.2. The quantitative estimate of drug-likeness (QED) is 0.436. The number of hydrogen-bond acceptors (Lipinski definition) is 4. The molecule has 0 bridgehead atoms. The van der Waals surface area contributed by atoms with E-state index in [1.165, 1.54) is 34.4 Å². The third-order valence-electron chi connectivity index (χ3n) is 7.71. The fourth-order valence-corrected chi connectivity index (χ4v) is 6.57. The Morgan fingerprint density at radius 2 is 1.80 bits per heavy atom. The molecule has 6 heteroatoms. The van der Waals surface area contributed by atoms with Crippen molar-refractivity contribution in [3.05, 3.63) is 57.3 Å². The van der Waals surface area contributed by atoms with Gasteiger partial charge in [0.15, 0.2) is 0 Å². The van der Waals surface area contributed by atoms with Crippen LogP contribution in [0.5, 0.6) is 0 Å². The topological polar surface area (TPSA) is 43.9 Å². The van der Waals surface area contributed by atoms with Gasteiger partial charge in [-0.15, -0.1) is 11.3 Å². The van der Waals surface area contributed by atoms with E-state index in [1.54, 1.807) is 0 Å². The SMILES string of the molecule is CCCCCCC(=O)N1CCN(C(=O)CCN2CCc3sccc3[C@H]2c2ccccc2C)C[C@H]1C. The van der Waals surface area contributed by atoms with Gasteiger partial charge in [-0.25, -0.2) is 0 Å². The lowest BCUT2D eigenvalue weighted by Crippen LogP contribution is -2.55. The summed E-state index contributed by atoms with van der Waals surface area (Å²) >= 11 is 1.85. The second-order valence-corrected chi connectivity index (χ2v) is 11.2. The number of rotatable bonds is 9. The van der Waals surface area contributed by atoms with Crippen molar-refractivity contribution in [2.24, 2.45) is 0 Å². The fraction of sp³-hybridized carbons (Fsp3) is 0.586. The molecule has 0 radical (unpaired) electrons. The summed E-state index contributed by atoms with van der Waals surface area (Å²) in [5.74, 6) is 0.466. The lowest BCUT2D eigenvalue weighted by atomic mass is 9.90. The van der Waals surface area contributed by atoms with Gasteiger partial charge in [0.1, 0.15) is 0 Å². The van der Waals surface area contributed by atoms with E-state index in [0.29, 0.717) is 32.5 Å². The van der Waals surface area contributed by atoms with Gasteiger partial charge in [0.25, 0.3) is 0 Å². The maximum absolute atomic E-state index is 13.2. The molecule has 0 aliphatic carbocycles.